The molecule has 1 aliphatic heterocycles. The van der Waals surface area contributed by atoms with Crippen LogP contribution in [0.1, 0.15) is 45.4 Å². The molecule has 3 heterocycles. The molecule has 2 aromatic heterocycles. The van der Waals surface area contributed by atoms with E-state index >= 15 is 0 Å². The van der Waals surface area contributed by atoms with Crippen LogP contribution in [0.15, 0.2) is 36.9 Å². The molecule has 1 saturated carbocycles. The van der Waals surface area contributed by atoms with E-state index in [1.54, 1.807) is 4.57 Å². The van der Waals surface area contributed by atoms with Gasteiger partial charge < -0.3 is 36.2 Å². The first-order valence-corrected chi connectivity index (χ1v) is 13.3. The molecule has 12 heteroatoms. The molecule has 2 fully saturated rings. The third kappa shape index (κ3) is 5.69. The maximum Gasteiger partial charge on any atom is 0.319 e. The van der Waals surface area contributed by atoms with Crippen LogP contribution in [0, 0.1) is 5.92 Å². The highest BCUT2D eigenvalue weighted by molar-refractivity contribution is 5.89. The van der Waals surface area contributed by atoms with Crippen LogP contribution >= 0.6 is 0 Å². The Balaban J connectivity index is 1.07. The molecule has 2 amide bonds. The zero-order valence-electron chi connectivity index (χ0n) is 22.8. The number of urea groups is 1. The quantitative estimate of drug-likeness (QED) is 0.302. The van der Waals surface area contributed by atoms with E-state index in [0.29, 0.717) is 36.2 Å². The maximum atomic E-state index is 12.4. The Morgan fingerprint density at radius 1 is 1.15 bits per heavy atom. The highest BCUT2D eigenvalue weighted by Crippen LogP contribution is 2.35. The number of fused-ring (bicyclic) bond motifs is 1. The SMILES string of the molecule is CN(C[C@H]1OC(n2cnc3c(N)ncnc32)[C@H](O)[C@@H]1O)C1CC(CNC(=O)Nc2ccc(C(C)(C)C)cc2)C1. The van der Waals surface area contributed by atoms with Gasteiger partial charge in [-0.25, -0.2) is 19.7 Å². The number of nitrogen functional groups attached to an aromatic ring is 1. The number of rotatable bonds is 7. The highest BCUT2D eigenvalue weighted by Gasteiger charge is 2.45. The molecule has 4 atom stereocenters. The van der Waals surface area contributed by atoms with Gasteiger partial charge in [-0.3, -0.25) is 4.57 Å². The van der Waals surface area contributed by atoms with Crippen molar-refractivity contribution in [2.75, 3.05) is 31.2 Å². The number of amides is 2. The number of likely N-dealkylation sites (N-methyl/N-ethyl adjacent to an activating group) is 1. The minimum Gasteiger partial charge on any atom is -0.387 e. The molecule has 12 nitrogen and oxygen atoms in total. The van der Waals surface area contributed by atoms with E-state index in [2.05, 4.69) is 51.3 Å². The van der Waals surface area contributed by atoms with Gasteiger partial charge in [0.2, 0.25) is 0 Å². The first-order valence-electron chi connectivity index (χ1n) is 13.3. The van der Waals surface area contributed by atoms with Crippen molar-refractivity contribution in [3.63, 3.8) is 0 Å². The fraction of sp³-hybridized carbons (Fsp3) is 0.556. The van der Waals surface area contributed by atoms with Gasteiger partial charge in [-0.1, -0.05) is 32.9 Å². The number of aromatic nitrogens is 4. The smallest absolute Gasteiger partial charge is 0.319 e. The maximum absolute atomic E-state index is 12.4. The van der Waals surface area contributed by atoms with E-state index in [1.165, 1.54) is 18.2 Å². The molecule has 2 aliphatic rings. The monoisotopic (exact) mass is 538 g/mol. The predicted octanol–water partition coefficient (Wildman–Crippen LogP) is 1.86. The third-order valence-corrected chi connectivity index (χ3v) is 7.86. The summed E-state index contributed by atoms with van der Waals surface area (Å²) >= 11 is 0. The Hall–Kier alpha value is -3.32. The topological polar surface area (TPSA) is 164 Å². The Morgan fingerprint density at radius 3 is 2.56 bits per heavy atom. The van der Waals surface area contributed by atoms with Gasteiger partial charge in [0.25, 0.3) is 0 Å². The van der Waals surface area contributed by atoms with Gasteiger partial charge in [-0.05, 0) is 48.9 Å². The van der Waals surface area contributed by atoms with E-state index in [9.17, 15) is 15.0 Å². The van der Waals surface area contributed by atoms with Gasteiger partial charge in [0, 0.05) is 24.8 Å². The highest BCUT2D eigenvalue weighted by atomic mass is 16.6. The molecule has 1 aromatic carbocycles. The van der Waals surface area contributed by atoms with Crippen LogP contribution in [0.3, 0.4) is 0 Å². The average Bonchev–Trinajstić information content (AvgIpc) is 3.40. The number of carbonyl (C=O) groups is 1. The summed E-state index contributed by atoms with van der Waals surface area (Å²) in [6.07, 6.45) is 1.05. The molecular formula is C27H38N8O4. The Kier molecular flexibility index (Phi) is 7.47. The lowest BCUT2D eigenvalue weighted by atomic mass is 9.79. The number of nitrogens with zero attached hydrogens (tertiary/aromatic N) is 5. The number of nitrogens with two attached hydrogens (primary N) is 1. The van der Waals surface area contributed by atoms with Crippen LogP contribution in [-0.2, 0) is 10.2 Å². The van der Waals surface area contributed by atoms with Crippen LogP contribution in [0.25, 0.3) is 11.2 Å². The largest absolute Gasteiger partial charge is 0.387 e. The molecular weight excluding hydrogens is 500 g/mol. The number of carbonyl (C=O) groups excluding carboxylic acids is 1. The summed E-state index contributed by atoms with van der Waals surface area (Å²) in [5.74, 6) is 0.617. The second kappa shape index (κ2) is 10.7. The zero-order chi connectivity index (χ0) is 27.9. The predicted molar refractivity (Wildman–Crippen MR) is 147 cm³/mol. The molecule has 0 radical (unpaired) electrons. The molecule has 0 spiro atoms. The summed E-state index contributed by atoms with van der Waals surface area (Å²) in [6.45, 7) is 7.52. The van der Waals surface area contributed by atoms with Crippen LogP contribution in [0.5, 0.6) is 0 Å². The van der Waals surface area contributed by atoms with Crippen molar-refractivity contribution in [3.8, 4) is 0 Å². The molecule has 5 rings (SSSR count). The summed E-state index contributed by atoms with van der Waals surface area (Å²) in [6, 6.07) is 8.02. The van der Waals surface area contributed by atoms with Crippen LogP contribution in [0.4, 0.5) is 16.3 Å². The lowest BCUT2D eigenvalue weighted by Crippen LogP contribution is -2.50. The molecule has 39 heavy (non-hydrogen) atoms. The van der Waals surface area contributed by atoms with Gasteiger partial charge >= 0.3 is 6.03 Å². The molecule has 6 N–H and O–H groups in total. The number of aliphatic hydroxyl groups excluding tert-OH is 2. The number of aliphatic hydroxyl groups is 2. The van der Waals surface area contributed by atoms with Crippen LogP contribution in [0.2, 0.25) is 0 Å². The number of benzene rings is 1. The van der Waals surface area contributed by atoms with Crippen molar-refractivity contribution >= 4 is 28.7 Å². The standard InChI is InChI=1S/C27H38N8O4/c1-27(2,3)16-5-7-17(8-6-16)33-26(38)29-11-15-9-18(10-15)34(4)12-19-21(36)22(37)25(39-19)35-14-32-20-23(28)30-13-31-24(20)35/h5-8,13-15,18-19,21-22,25,36-37H,9-12H2,1-4H3,(H2,28,30,31)(H2,29,33,38)/t15?,18?,19-,21-,22-,25?/m1/s1. The summed E-state index contributed by atoms with van der Waals surface area (Å²) in [7, 11) is 1.98. The van der Waals surface area contributed by atoms with Crippen molar-refractivity contribution in [1.29, 1.82) is 0 Å². The van der Waals surface area contributed by atoms with Crippen LogP contribution < -0.4 is 16.4 Å². The molecule has 1 unspecified atom stereocenters. The normalized spacial score (nSPS) is 27.1. The van der Waals surface area contributed by atoms with Gasteiger partial charge in [-0.2, -0.15) is 0 Å². The second-order valence-electron chi connectivity index (χ2n) is 11.7. The van der Waals surface area contributed by atoms with E-state index in [1.807, 2.05) is 31.3 Å². The summed E-state index contributed by atoms with van der Waals surface area (Å²) in [4.78, 5) is 26.9. The van der Waals surface area contributed by atoms with E-state index < -0.39 is 24.5 Å². The fourth-order valence-corrected chi connectivity index (χ4v) is 5.29. The summed E-state index contributed by atoms with van der Waals surface area (Å²) < 4.78 is 7.65. The number of hydrogen-bond acceptors (Lipinski definition) is 9. The molecule has 0 bridgehead atoms. The van der Waals surface area contributed by atoms with Crippen molar-refractivity contribution in [3.05, 3.63) is 42.5 Å². The van der Waals surface area contributed by atoms with Gasteiger partial charge in [0.15, 0.2) is 17.7 Å². The zero-order valence-corrected chi connectivity index (χ0v) is 22.8. The second-order valence-corrected chi connectivity index (χ2v) is 11.7. The minimum atomic E-state index is -1.14. The third-order valence-electron chi connectivity index (χ3n) is 7.86. The number of nitrogens with one attached hydrogen (secondary N) is 2. The summed E-state index contributed by atoms with van der Waals surface area (Å²) in [5, 5.41) is 27.3. The van der Waals surface area contributed by atoms with E-state index in [0.717, 1.165) is 18.5 Å². The Bertz CT molecular complexity index is 1300. The van der Waals surface area contributed by atoms with Gasteiger partial charge in [0.1, 0.15) is 30.2 Å². The van der Waals surface area contributed by atoms with E-state index in [-0.39, 0.29) is 17.3 Å². The van der Waals surface area contributed by atoms with Crippen LogP contribution in [-0.4, -0.2) is 85.2 Å². The van der Waals surface area contributed by atoms with Gasteiger partial charge in [0.05, 0.1) is 6.33 Å². The number of ether oxygens (including phenoxy) is 1. The lowest BCUT2D eigenvalue weighted by molar-refractivity contribution is -0.0510. The Labute approximate surface area is 227 Å². The molecule has 210 valence electrons. The van der Waals surface area contributed by atoms with Crippen molar-refractivity contribution in [2.45, 2.75) is 69.6 Å². The first kappa shape index (κ1) is 27.3. The minimum absolute atomic E-state index is 0.0670. The first-order chi connectivity index (χ1) is 18.5. The Morgan fingerprint density at radius 2 is 1.87 bits per heavy atom. The van der Waals surface area contributed by atoms with E-state index in [4.69, 9.17) is 10.5 Å². The van der Waals surface area contributed by atoms with Gasteiger partial charge in [-0.15, -0.1) is 0 Å². The number of imidazole rings is 1. The average molecular weight is 539 g/mol. The number of hydrogen-bond donors (Lipinski definition) is 5. The van der Waals surface area contributed by atoms with Crippen molar-refractivity contribution < 1.29 is 19.7 Å². The summed E-state index contributed by atoms with van der Waals surface area (Å²) in [5.41, 5.74) is 8.77. The molecule has 3 aromatic rings. The van der Waals surface area contributed by atoms with Crippen molar-refractivity contribution in [2.24, 2.45) is 5.92 Å². The fourth-order valence-electron chi connectivity index (χ4n) is 5.29. The molecule has 1 saturated heterocycles. The molecule has 1 aliphatic carbocycles. The lowest BCUT2D eigenvalue weighted by Gasteiger charge is -2.42. The van der Waals surface area contributed by atoms with Crippen molar-refractivity contribution in [1.82, 2.24) is 29.7 Å². The number of anilines is 2.